The molecule has 2 saturated carbocycles. The lowest BCUT2D eigenvalue weighted by Crippen LogP contribution is -2.38. The molecule has 2 aliphatic rings. The zero-order chi connectivity index (χ0) is 13.6. The number of carbonyl (C=O) groups is 1. The van der Waals surface area contributed by atoms with E-state index in [1.54, 1.807) is 0 Å². The maximum atomic E-state index is 12.9. The third-order valence-electron chi connectivity index (χ3n) is 5.70. The van der Waals surface area contributed by atoms with E-state index in [9.17, 15) is 4.79 Å². The molecule has 2 fully saturated rings. The van der Waals surface area contributed by atoms with Gasteiger partial charge in [0.05, 0.1) is 0 Å². The predicted octanol–water partition coefficient (Wildman–Crippen LogP) is 5.67. The van der Waals surface area contributed by atoms with Gasteiger partial charge in [-0.15, -0.1) is 0 Å². The molecule has 1 unspecified atom stereocenters. The first-order valence-electron chi connectivity index (χ1n) is 8.83. The summed E-state index contributed by atoms with van der Waals surface area (Å²) < 4.78 is 0. The standard InChI is InChI=1S/C18H32O/c1-2-3-14-18(15-10-6-9-13-17(18)19)16-11-7-4-5-8-12-16/h16H,2-15H2,1H3. The Labute approximate surface area is 119 Å². The van der Waals surface area contributed by atoms with Crippen molar-refractivity contribution < 1.29 is 4.79 Å². The minimum absolute atomic E-state index is 0.0941. The van der Waals surface area contributed by atoms with Crippen molar-refractivity contribution in [1.29, 1.82) is 0 Å². The van der Waals surface area contributed by atoms with Crippen molar-refractivity contribution in [2.24, 2.45) is 11.3 Å². The molecule has 0 aromatic heterocycles. The Morgan fingerprint density at radius 1 is 1.00 bits per heavy atom. The van der Waals surface area contributed by atoms with Gasteiger partial charge in [-0.1, -0.05) is 58.3 Å². The van der Waals surface area contributed by atoms with E-state index >= 15 is 0 Å². The van der Waals surface area contributed by atoms with E-state index in [0.717, 1.165) is 12.8 Å². The number of carbonyl (C=O) groups excluding carboxylic acids is 1. The number of hydrogen-bond donors (Lipinski definition) is 0. The van der Waals surface area contributed by atoms with Gasteiger partial charge < -0.3 is 0 Å². The molecule has 0 saturated heterocycles. The highest BCUT2D eigenvalue weighted by Crippen LogP contribution is 2.48. The molecule has 19 heavy (non-hydrogen) atoms. The molecule has 2 rings (SSSR count). The van der Waals surface area contributed by atoms with Crippen LogP contribution in [-0.2, 0) is 4.79 Å². The topological polar surface area (TPSA) is 17.1 Å². The molecule has 0 N–H and O–H groups in total. The Kier molecular flexibility index (Phi) is 5.91. The monoisotopic (exact) mass is 264 g/mol. The molecular weight excluding hydrogens is 232 g/mol. The van der Waals surface area contributed by atoms with Crippen LogP contribution < -0.4 is 0 Å². The average Bonchev–Trinajstić information content (AvgIpc) is 2.79. The van der Waals surface area contributed by atoms with Gasteiger partial charge in [0.25, 0.3) is 0 Å². The largest absolute Gasteiger partial charge is 0.299 e. The normalized spacial score (nSPS) is 30.9. The third-order valence-corrected chi connectivity index (χ3v) is 5.70. The smallest absolute Gasteiger partial charge is 0.139 e. The molecule has 1 atom stereocenters. The van der Waals surface area contributed by atoms with Gasteiger partial charge in [-0.3, -0.25) is 4.79 Å². The summed E-state index contributed by atoms with van der Waals surface area (Å²) in [4.78, 5) is 12.9. The quantitative estimate of drug-likeness (QED) is 0.598. The van der Waals surface area contributed by atoms with Crippen LogP contribution in [0.15, 0.2) is 0 Å². The predicted molar refractivity (Wildman–Crippen MR) is 81.2 cm³/mol. The van der Waals surface area contributed by atoms with Crippen LogP contribution in [0.2, 0.25) is 0 Å². The van der Waals surface area contributed by atoms with Crippen molar-refractivity contribution >= 4 is 5.78 Å². The van der Waals surface area contributed by atoms with Crippen LogP contribution in [0.25, 0.3) is 0 Å². The van der Waals surface area contributed by atoms with Gasteiger partial charge in [0.1, 0.15) is 5.78 Å². The fraction of sp³-hybridized carbons (Fsp3) is 0.944. The second-order valence-corrected chi connectivity index (χ2v) is 6.93. The summed E-state index contributed by atoms with van der Waals surface area (Å²) in [6.07, 6.45) is 17.7. The molecule has 2 aliphatic carbocycles. The molecule has 110 valence electrons. The van der Waals surface area contributed by atoms with Gasteiger partial charge in [0, 0.05) is 11.8 Å². The molecule has 0 amide bonds. The van der Waals surface area contributed by atoms with Crippen molar-refractivity contribution in [2.45, 2.75) is 96.8 Å². The van der Waals surface area contributed by atoms with E-state index < -0.39 is 0 Å². The number of hydrogen-bond acceptors (Lipinski definition) is 1. The zero-order valence-electron chi connectivity index (χ0n) is 12.9. The van der Waals surface area contributed by atoms with Gasteiger partial charge in [0.2, 0.25) is 0 Å². The molecule has 0 heterocycles. The maximum absolute atomic E-state index is 12.9. The van der Waals surface area contributed by atoms with Crippen LogP contribution in [0.4, 0.5) is 0 Å². The Hall–Kier alpha value is -0.330. The first kappa shape index (κ1) is 15.1. The average molecular weight is 264 g/mol. The van der Waals surface area contributed by atoms with Crippen LogP contribution in [0, 0.1) is 11.3 Å². The van der Waals surface area contributed by atoms with Gasteiger partial charge in [-0.25, -0.2) is 0 Å². The van der Waals surface area contributed by atoms with E-state index in [4.69, 9.17) is 0 Å². The molecule has 0 aromatic rings. The molecule has 0 bridgehead atoms. The third kappa shape index (κ3) is 3.61. The Morgan fingerprint density at radius 3 is 2.37 bits per heavy atom. The van der Waals surface area contributed by atoms with Crippen LogP contribution >= 0.6 is 0 Å². The summed E-state index contributed by atoms with van der Waals surface area (Å²) in [6.45, 7) is 2.27. The summed E-state index contributed by atoms with van der Waals surface area (Å²) in [5.74, 6) is 1.36. The minimum Gasteiger partial charge on any atom is -0.299 e. The second-order valence-electron chi connectivity index (χ2n) is 6.93. The van der Waals surface area contributed by atoms with E-state index in [-0.39, 0.29) is 5.41 Å². The summed E-state index contributed by atoms with van der Waals surface area (Å²) in [5, 5.41) is 0. The van der Waals surface area contributed by atoms with Crippen LogP contribution in [0.3, 0.4) is 0 Å². The van der Waals surface area contributed by atoms with Crippen LogP contribution in [0.5, 0.6) is 0 Å². The van der Waals surface area contributed by atoms with Crippen molar-refractivity contribution in [3.8, 4) is 0 Å². The van der Waals surface area contributed by atoms with Crippen molar-refractivity contribution in [3.63, 3.8) is 0 Å². The van der Waals surface area contributed by atoms with Gasteiger partial charge in [0.15, 0.2) is 0 Å². The Bertz CT molecular complexity index is 275. The van der Waals surface area contributed by atoms with E-state index in [1.807, 2.05) is 0 Å². The molecule has 1 heteroatoms. The molecule has 0 aromatic carbocycles. The maximum Gasteiger partial charge on any atom is 0.139 e. The Morgan fingerprint density at radius 2 is 1.68 bits per heavy atom. The fourth-order valence-electron chi connectivity index (χ4n) is 4.52. The minimum atomic E-state index is 0.0941. The molecule has 0 spiro atoms. The highest BCUT2D eigenvalue weighted by Gasteiger charge is 2.43. The molecular formula is C18H32O. The number of rotatable bonds is 4. The SMILES string of the molecule is CCCCC1(C2CCCCCC2)CCCCCC1=O. The molecule has 0 aliphatic heterocycles. The lowest BCUT2D eigenvalue weighted by molar-refractivity contribution is -0.133. The first-order chi connectivity index (χ1) is 9.29. The fourth-order valence-corrected chi connectivity index (χ4v) is 4.52. The van der Waals surface area contributed by atoms with Crippen LogP contribution in [-0.4, -0.2) is 5.78 Å². The number of Topliss-reactive ketones (excluding diaryl/α,β-unsaturated/α-hetero) is 1. The lowest BCUT2D eigenvalue weighted by Gasteiger charge is -2.39. The van der Waals surface area contributed by atoms with Gasteiger partial charge in [-0.05, 0) is 38.0 Å². The van der Waals surface area contributed by atoms with Gasteiger partial charge >= 0.3 is 0 Å². The van der Waals surface area contributed by atoms with E-state index in [1.165, 1.54) is 77.0 Å². The summed E-state index contributed by atoms with van der Waals surface area (Å²) in [7, 11) is 0. The second kappa shape index (κ2) is 7.45. The van der Waals surface area contributed by atoms with Crippen molar-refractivity contribution in [1.82, 2.24) is 0 Å². The zero-order valence-corrected chi connectivity index (χ0v) is 12.9. The highest BCUT2D eigenvalue weighted by atomic mass is 16.1. The van der Waals surface area contributed by atoms with E-state index in [2.05, 4.69) is 6.92 Å². The highest BCUT2D eigenvalue weighted by molar-refractivity contribution is 5.85. The summed E-state index contributed by atoms with van der Waals surface area (Å²) >= 11 is 0. The lowest BCUT2D eigenvalue weighted by atomic mass is 9.64. The van der Waals surface area contributed by atoms with Crippen molar-refractivity contribution in [3.05, 3.63) is 0 Å². The van der Waals surface area contributed by atoms with Gasteiger partial charge in [-0.2, -0.15) is 0 Å². The van der Waals surface area contributed by atoms with E-state index in [0.29, 0.717) is 11.7 Å². The summed E-state index contributed by atoms with van der Waals surface area (Å²) in [6, 6.07) is 0. The van der Waals surface area contributed by atoms with Crippen molar-refractivity contribution in [2.75, 3.05) is 0 Å². The molecule has 0 radical (unpaired) electrons. The molecule has 1 nitrogen and oxygen atoms in total. The van der Waals surface area contributed by atoms with Crippen LogP contribution in [0.1, 0.15) is 96.8 Å². The summed E-state index contributed by atoms with van der Waals surface area (Å²) in [5.41, 5.74) is 0.0941. The number of unbranched alkanes of at least 4 members (excludes halogenated alkanes) is 1. The number of ketones is 1. The first-order valence-corrected chi connectivity index (χ1v) is 8.83. The Balaban J connectivity index is 2.17.